The molecule has 0 aliphatic heterocycles. The van der Waals surface area contributed by atoms with Gasteiger partial charge in [0.1, 0.15) is 11.5 Å². The molecule has 0 heterocycles. The molecule has 1 amide bonds. The summed E-state index contributed by atoms with van der Waals surface area (Å²) in [5.41, 5.74) is 5.33. The number of rotatable bonds is 5. The van der Waals surface area contributed by atoms with E-state index < -0.39 is 0 Å². The zero-order chi connectivity index (χ0) is 15.9. The Bertz CT molecular complexity index is 659. The van der Waals surface area contributed by atoms with Crippen molar-refractivity contribution in [2.24, 2.45) is 5.10 Å². The van der Waals surface area contributed by atoms with Gasteiger partial charge >= 0.3 is 0 Å². The number of benzene rings is 2. The number of amides is 1. The summed E-state index contributed by atoms with van der Waals surface area (Å²) in [7, 11) is 0. The minimum absolute atomic E-state index is 0.101. The van der Waals surface area contributed by atoms with Crippen LogP contribution in [0.25, 0.3) is 0 Å². The van der Waals surface area contributed by atoms with E-state index in [2.05, 4.69) is 10.5 Å². The van der Waals surface area contributed by atoms with Crippen molar-refractivity contribution in [2.75, 3.05) is 6.61 Å². The van der Waals surface area contributed by atoms with Gasteiger partial charge in [0.15, 0.2) is 6.61 Å². The molecular formula is C17H18N2O3. The third-order valence-corrected chi connectivity index (χ3v) is 2.86. The SMILES string of the molecule is Cc1cc(C)cc(OCC(=O)N/N=C/c2ccc(O)cc2)c1. The molecule has 2 N–H and O–H groups in total. The highest BCUT2D eigenvalue weighted by atomic mass is 16.5. The molecule has 0 saturated carbocycles. The van der Waals surface area contributed by atoms with Crippen LogP contribution in [-0.2, 0) is 4.79 Å². The zero-order valence-electron chi connectivity index (χ0n) is 12.5. The highest BCUT2D eigenvalue weighted by molar-refractivity contribution is 5.83. The molecular weight excluding hydrogens is 280 g/mol. The molecule has 2 rings (SSSR count). The number of hydrogen-bond acceptors (Lipinski definition) is 4. The number of ether oxygens (including phenoxy) is 1. The van der Waals surface area contributed by atoms with Gasteiger partial charge in [-0.25, -0.2) is 5.43 Å². The van der Waals surface area contributed by atoms with Crippen molar-refractivity contribution in [1.29, 1.82) is 0 Å². The molecule has 2 aromatic carbocycles. The maximum atomic E-state index is 11.6. The largest absolute Gasteiger partial charge is 0.508 e. The average Bonchev–Trinajstić information content (AvgIpc) is 2.46. The van der Waals surface area contributed by atoms with E-state index >= 15 is 0 Å². The molecule has 22 heavy (non-hydrogen) atoms. The van der Waals surface area contributed by atoms with Crippen LogP contribution in [0.3, 0.4) is 0 Å². The Morgan fingerprint density at radius 3 is 2.45 bits per heavy atom. The summed E-state index contributed by atoms with van der Waals surface area (Å²) in [6.45, 7) is 3.85. The van der Waals surface area contributed by atoms with Crippen molar-refractivity contribution in [3.8, 4) is 11.5 Å². The van der Waals surface area contributed by atoms with Gasteiger partial charge in [0.2, 0.25) is 0 Å². The number of phenolic OH excluding ortho intramolecular Hbond substituents is 1. The Hall–Kier alpha value is -2.82. The molecule has 0 radical (unpaired) electrons. The zero-order valence-corrected chi connectivity index (χ0v) is 12.5. The van der Waals surface area contributed by atoms with E-state index in [0.717, 1.165) is 16.7 Å². The minimum atomic E-state index is -0.339. The number of nitrogens with one attached hydrogen (secondary N) is 1. The Kier molecular flexibility index (Phi) is 5.14. The summed E-state index contributed by atoms with van der Waals surface area (Å²) in [6, 6.07) is 12.3. The molecule has 5 nitrogen and oxygen atoms in total. The van der Waals surface area contributed by atoms with Crippen molar-refractivity contribution >= 4 is 12.1 Å². The van der Waals surface area contributed by atoms with Crippen molar-refractivity contribution in [3.05, 3.63) is 59.2 Å². The van der Waals surface area contributed by atoms with Crippen LogP contribution < -0.4 is 10.2 Å². The van der Waals surface area contributed by atoms with Crippen LogP contribution in [-0.4, -0.2) is 23.8 Å². The molecule has 0 saturated heterocycles. The lowest BCUT2D eigenvalue weighted by Gasteiger charge is -2.07. The predicted octanol–water partition coefficient (Wildman–Crippen LogP) is 2.54. The fourth-order valence-corrected chi connectivity index (χ4v) is 1.94. The molecule has 2 aromatic rings. The highest BCUT2D eigenvalue weighted by Crippen LogP contribution is 2.15. The molecule has 0 spiro atoms. The fraction of sp³-hybridized carbons (Fsp3) is 0.176. The van der Waals surface area contributed by atoms with Crippen LogP contribution in [0.2, 0.25) is 0 Å². The second kappa shape index (κ2) is 7.26. The van der Waals surface area contributed by atoms with E-state index in [1.165, 1.54) is 6.21 Å². The van der Waals surface area contributed by atoms with Gasteiger partial charge in [-0.2, -0.15) is 5.10 Å². The molecule has 5 heteroatoms. The highest BCUT2D eigenvalue weighted by Gasteiger charge is 2.02. The smallest absolute Gasteiger partial charge is 0.277 e. The Balaban J connectivity index is 1.81. The van der Waals surface area contributed by atoms with Gasteiger partial charge in [-0.3, -0.25) is 4.79 Å². The van der Waals surface area contributed by atoms with Crippen molar-refractivity contribution in [2.45, 2.75) is 13.8 Å². The number of carbonyl (C=O) groups excluding carboxylic acids is 1. The molecule has 0 bridgehead atoms. The van der Waals surface area contributed by atoms with Crippen LogP contribution >= 0.6 is 0 Å². The number of hydrogen-bond donors (Lipinski definition) is 2. The number of hydrazone groups is 1. The molecule has 114 valence electrons. The first-order valence-corrected chi connectivity index (χ1v) is 6.85. The standard InChI is InChI=1S/C17H18N2O3/c1-12-7-13(2)9-16(8-12)22-11-17(21)19-18-10-14-3-5-15(20)6-4-14/h3-10,20H,11H2,1-2H3,(H,19,21)/b18-10+. The van der Waals surface area contributed by atoms with Gasteiger partial charge in [-0.05, 0) is 66.9 Å². The topological polar surface area (TPSA) is 70.9 Å². The van der Waals surface area contributed by atoms with E-state index in [4.69, 9.17) is 9.84 Å². The number of aryl methyl sites for hydroxylation is 2. The Morgan fingerprint density at radius 2 is 1.82 bits per heavy atom. The van der Waals surface area contributed by atoms with E-state index in [0.29, 0.717) is 5.75 Å². The average molecular weight is 298 g/mol. The quantitative estimate of drug-likeness (QED) is 0.658. The van der Waals surface area contributed by atoms with Crippen LogP contribution in [0.5, 0.6) is 11.5 Å². The van der Waals surface area contributed by atoms with Gasteiger partial charge in [0.25, 0.3) is 5.91 Å². The lowest BCUT2D eigenvalue weighted by molar-refractivity contribution is -0.123. The lowest BCUT2D eigenvalue weighted by Crippen LogP contribution is -2.24. The first-order valence-electron chi connectivity index (χ1n) is 6.85. The number of phenols is 1. The molecule has 0 unspecified atom stereocenters. The van der Waals surface area contributed by atoms with Gasteiger partial charge in [0.05, 0.1) is 6.21 Å². The number of carbonyl (C=O) groups is 1. The summed E-state index contributed by atoms with van der Waals surface area (Å²) in [6.07, 6.45) is 1.49. The summed E-state index contributed by atoms with van der Waals surface area (Å²) in [4.78, 5) is 11.6. The second-order valence-electron chi connectivity index (χ2n) is 5.00. The summed E-state index contributed by atoms with van der Waals surface area (Å²) >= 11 is 0. The minimum Gasteiger partial charge on any atom is -0.508 e. The third kappa shape index (κ3) is 4.94. The number of aromatic hydroxyl groups is 1. The predicted molar refractivity (Wildman–Crippen MR) is 85.3 cm³/mol. The van der Waals surface area contributed by atoms with Crippen molar-refractivity contribution in [1.82, 2.24) is 5.43 Å². The van der Waals surface area contributed by atoms with Crippen LogP contribution in [0.4, 0.5) is 0 Å². The normalized spacial score (nSPS) is 10.6. The van der Waals surface area contributed by atoms with Gasteiger partial charge < -0.3 is 9.84 Å². The van der Waals surface area contributed by atoms with Crippen molar-refractivity contribution in [3.63, 3.8) is 0 Å². The Labute approximate surface area is 129 Å². The number of nitrogens with zero attached hydrogens (tertiary/aromatic N) is 1. The summed E-state index contributed by atoms with van der Waals surface area (Å²) < 4.78 is 5.43. The second-order valence-corrected chi connectivity index (χ2v) is 5.00. The first kappa shape index (κ1) is 15.6. The third-order valence-electron chi connectivity index (χ3n) is 2.86. The molecule has 0 aliphatic carbocycles. The monoisotopic (exact) mass is 298 g/mol. The molecule has 0 aromatic heterocycles. The van der Waals surface area contributed by atoms with E-state index in [-0.39, 0.29) is 18.3 Å². The first-order chi connectivity index (χ1) is 10.5. The van der Waals surface area contributed by atoms with Crippen LogP contribution in [0, 0.1) is 13.8 Å². The molecule has 0 aliphatic rings. The summed E-state index contributed by atoms with van der Waals surface area (Å²) in [5, 5.41) is 13.0. The lowest BCUT2D eigenvalue weighted by atomic mass is 10.1. The van der Waals surface area contributed by atoms with Gasteiger partial charge in [-0.1, -0.05) is 6.07 Å². The van der Waals surface area contributed by atoms with Crippen LogP contribution in [0.1, 0.15) is 16.7 Å². The van der Waals surface area contributed by atoms with E-state index in [1.807, 2.05) is 32.0 Å². The van der Waals surface area contributed by atoms with Gasteiger partial charge in [0, 0.05) is 0 Å². The molecule has 0 fully saturated rings. The maximum Gasteiger partial charge on any atom is 0.277 e. The van der Waals surface area contributed by atoms with Crippen molar-refractivity contribution < 1.29 is 14.6 Å². The van der Waals surface area contributed by atoms with Gasteiger partial charge in [-0.15, -0.1) is 0 Å². The fourth-order valence-electron chi connectivity index (χ4n) is 1.94. The molecule has 0 atom stereocenters. The Morgan fingerprint density at radius 1 is 1.18 bits per heavy atom. The van der Waals surface area contributed by atoms with E-state index in [9.17, 15) is 4.79 Å². The van der Waals surface area contributed by atoms with Crippen LogP contribution in [0.15, 0.2) is 47.6 Å². The van der Waals surface area contributed by atoms with E-state index in [1.54, 1.807) is 24.3 Å². The maximum absolute atomic E-state index is 11.6. The summed E-state index contributed by atoms with van der Waals surface area (Å²) in [5.74, 6) is 0.507.